The summed E-state index contributed by atoms with van der Waals surface area (Å²) in [6.07, 6.45) is 8.59. The Kier molecular flexibility index (Phi) is 8.71. The van der Waals surface area contributed by atoms with Crippen molar-refractivity contribution in [1.29, 1.82) is 0 Å². The van der Waals surface area contributed by atoms with Gasteiger partial charge in [-0.05, 0) is 43.2 Å². The highest BCUT2D eigenvalue weighted by molar-refractivity contribution is 6.26. The van der Waals surface area contributed by atoms with Gasteiger partial charge in [-0.3, -0.25) is 19.3 Å². The number of rotatable bonds is 13. The van der Waals surface area contributed by atoms with E-state index in [2.05, 4.69) is 4.74 Å². The molecule has 0 N–H and O–H groups in total. The van der Waals surface area contributed by atoms with Gasteiger partial charge < -0.3 is 9.47 Å². The van der Waals surface area contributed by atoms with Crippen LogP contribution in [0.15, 0.2) is 60.7 Å². The number of unbranched alkanes of at least 4 members (excludes halogenated alkanes) is 7. The summed E-state index contributed by atoms with van der Waals surface area (Å²) >= 11 is 0. The van der Waals surface area contributed by atoms with E-state index in [1.54, 1.807) is 12.1 Å². The second-order valence-corrected chi connectivity index (χ2v) is 9.17. The summed E-state index contributed by atoms with van der Waals surface area (Å²) in [5, 5.41) is 1.44. The number of carbonyl (C=O) groups is 3. The number of hydrogen-bond acceptors (Lipinski definition) is 5. The van der Waals surface area contributed by atoms with Gasteiger partial charge in [0.2, 0.25) is 0 Å². The highest BCUT2D eigenvalue weighted by atomic mass is 16.5. The fraction of sp³-hybridized carbons (Fsp3) is 0.367. The second kappa shape index (κ2) is 12.3. The van der Waals surface area contributed by atoms with Gasteiger partial charge >= 0.3 is 5.97 Å². The van der Waals surface area contributed by atoms with Crippen LogP contribution < -0.4 is 4.74 Å². The van der Waals surface area contributed by atoms with Crippen LogP contribution in [-0.4, -0.2) is 36.3 Å². The van der Waals surface area contributed by atoms with Crippen molar-refractivity contribution in [2.75, 3.05) is 13.7 Å². The van der Waals surface area contributed by atoms with Crippen LogP contribution in [0.4, 0.5) is 0 Å². The van der Waals surface area contributed by atoms with Crippen molar-refractivity contribution in [3.63, 3.8) is 0 Å². The summed E-state index contributed by atoms with van der Waals surface area (Å²) in [5.74, 6) is 0.716. The number of nitrogens with zero attached hydrogens (tertiary/aromatic N) is 1. The molecule has 3 aromatic carbocycles. The summed E-state index contributed by atoms with van der Waals surface area (Å²) in [7, 11) is 1.42. The number of esters is 1. The van der Waals surface area contributed by atoms with Crippen molar-refractivity contribution in [1.82, 2.24) is 4.90 Å². The fourth-order valence-electron chi connectivity index (χ4n) is 4.73. The molecule has 188 valence electrons. The van der Waals surface area contributed by atoms with E-state index in [4.69, 9.17) is 4.74 Å². The number of amides is 2. The van der Waals surface area contributed by atoms with Crippen LogP contribution in [0.5, 0.6) is 11.5 Å². The molecular weight excluding hydrogens is 454 g/mol. The minimum Gasteiger partial charge on any atom is -0.469 e. The van der Waals surface area contributed by atoms with Gasteiger partial charge in [-0.2, -0.15) is 0 Å². The Bertz CT molecular complexity index is 1200. The van der Waals surface area contributed by atoms with Crippen molar-refractivity contribution in [2.45, 2.75) is 57.8 Å². The lowest BCUT2D eigenvalue weighted by Crippen LogP contribution is -2.40. The lowest BCUT2D eigenvalue weighted by molar-refractivity contribution is -0.140. The number of ether oxygens (including phenoxy) is 2. The van der Waals surface area contributed by atoms with Crippen LogP contribution in [0, 0.1) is 0 Å². The summed E-state index contributed by atoms with van der Waals surface area (Å²) in [4.78, 5) is 39.0. The summed E-state index contributed by atoms with van der Waals surface area (Å²) in [6, 6.07) is 18.6. The van der Waals surface area contributed by atoms with Crippen LogP contribution in [0.3, 0.4) is 0 Å². The highest BCUT2D eigenvalue weighted by Crippen LogP contribution is 2.37. The molecule has 0 atom stereocenters. The Hall–Kier alpha value is -3.67. The van der Waals surface area contributed by atoms with Crippen LogP contribution in [0.25, 0.3) is 10.8 Å². The second-order valence-electron chi connectivity index (χ2n) is 9.17. The molecule has 0 fully saturated rings. The lowest BCUT2D eigenvalue weighted by atomic mass is 9.93. The van der Waals surface area contributed by atoms with Gasteiger partial charge in [-0.1, -0.05) is 68.9 Å². The molecule has 6 nitrogen and oxygen atoms in total. The van der Waals surface area contributed by atoms with Crippen molar-refractivity contribution >= 4 is 28.6 Å². The van der Waals surface area contributed by atoms with Crippen LogP contribution >= 0.6 is 0 Å². The maximum absolute atomic E-state index is 13.3. The first-order valence-electron chi connectivity index (χ1n) is 12.8. The Morgan fingerprint density at radius 3 is 2.06 bits per heavy atom. The molecule has 0 aromatic heterocycles. The average Bonchev–Trinajstić information content (AvgIpc) is 2.91. The molecule has 3 aromatic rings. The first-order chi connectivity index (χ1) is 17.6. The van der Waals surface area contributed by atoms with E-state index in [0.717, 1.165) is 56.8 Å². The van der Waals surface area contributed by atoms with Crippen LogP contribution in [-0.2, 0) is 9.53 Å². The average molecular weight is 488 g/mol. The van der Waals surface area contributed by atoms with Gasteiger partial charge in [-0.15, -0.1) is 0 Å². The molecule has 0 aliphatic carbocycles. The predicted molar refractivity (Wildman–Crippen MR) is 139 cm³/mol. The highest BCUT2D eigenvalue weighted by Gasteiger charge is 2.33. The summed E-state index contributed by atoms with van der Waals surface area (Å²) in [6.45, 7) is 0.425. The van der Waals surface area contributed by atoms with E-state index < -0.39 is 0 Å². The zero-order valence-corrected chi connectivity index (χ0v) is 20.8. The third-order valence-corrected chi connectivity index (χ3v) is 6.66. The van der Waals surface area contributed by atoms with Crippen LogP contribution in [0.1, 0.15) is 78.5 Å². The van der Waals surface area contributed by atoms with E-state index in [-0.39, 0.29) is 17.8 Å². The standard InChI is InChI=1S/C30H33NO5/c1-35-27(32)18-11-6-4-2-3-5-7-12-21-31-29(33)24-17-13-16-23-26(36-22-14-9-8-10-15-22)20-19-25(28(23)24)30(31)34/h8-10,13-17,19-20H,2-7,11-12,18,21H2,1H3. The van der Waals surface area contributed by atoms with Gasteiger partial charge in [-0.25, -0.2) is 0 Å². The maximum Gasteiger partial charge on any atom is 0.305 e. The monoisotopic (exact) mass is 487 g/mol. The molecule has 0 unspecified atom stereocenters. The van der Waals surface area contributed by atoms with E-state index in [0.29, 0.717) is 41.0 Å². The third-order valence-electron chi connectivity index (χ3n) is 6.66. The minimum atomic E-state index is -0.236. The molecule has 0 saturated heterocycles. The van der Waals surface area contributed by atoms with Gasteiger partial charge in [0, 0.05) is 34.9 Å². The Labute approximate surface area is 212 Å². The van der Waals surface area contributed by atoms with E-state index in [1.807, 2.05) is 48.5 Å². The number of benzene rings is 3. The number of para-hydroxylation sites is 1. The molecule has 0 bridgehead atoms. The Morgan fingerprint density at radius 2 is 1.36 bits per heavy atom. The van der Waals surface area contributed by atoms with E-state index in [1.165, 1.54) is 12.0 Å². The zero-order valence-electron chi connectivity index (χ0n) is 20.8. The molecule has 6 heteroatoms. The molecule has 36 heavy (non-hydrogen) atoms. The topological polar surface area (TPSA) is 72.9 Å². The van der Waals surface area contributed by atoms with Gasteiger partial charge in [0.15, 0.2) is 0 Å². The quantitative estimate of drug-likeness (QED) is 0.149. The summed E-state index contributed by atoms with van der Waals surface area (Å²) in [5.41, 5.74) is 1.10. The molecule has 0 radical (unpaired) electrons. The number of methoxy groups -OCH3 is 1. The van der Waals surface area contributed by atoms with E-state index >= 15 is 0 Å². The Balaban J connectivity index is 1.31. The lowest BCUT2D eigenvalue weighted by Gasteiger charge is -2.27. The SMILES string of the molecule is COC(=O)CCCCCCCCCCN1C(=O)c2cccc3c(Oc4ccccc4)ccc(c23)C1=O. The zero-order chi connectivity index (χ0) is 25.3. The minimum absolute atomic E-state index is 0.142. The largest absolute Gasteiger partial charge is 0.469 e. The van der Waals surface area contributed by atoms with Gasteiger partial charge in [0.1, 0.15) is 11.5 Å². The molecular formula is C30H33NO5. The summed E-state index contributed by atoms with van der Waals surface area (Å²) < 4.78 is 10.7. The smallest absolute Gasteiger partial charge is 0.305 e. The van der Waals surface area contributed by atoms with Crippen LogP contribution in [0.2, 0.25) is 0 Å². The molecule has 2 amide bonds. The van der Waals surface area contributed by atoms with Crippen molar-refractivity contribution in [2.24, 2.45) is 0 Å². The predicted octanol–water partition coefficient (Wildman–Crippen LogP) is 6.91. The number of carbonyl (C=O) groups excluding carboxylic acids is 3. The molecule has 0 spiro atoms. The van der Waals surface area contributed by atoms with Gasteiger partial charge in [0.05, 0.1) is 7.11 Å². The van der Waals surface area contributed by atoms with Gasteiger partial charge in [0.25, 0.3) is 11.8 Å². The Morgan fingerprint density at radius 1 is 0.722 bits per heavy atom. The normalized spacial score (nSPS) is 12.8. The molecule has 1 aliphatic rings. The van der Waals surface area contributed by atoms with Crippen molar-refractivity contribution in [3.8, 4) is 11.5 Å². The fourth-order valence-corrected chi connectivity index (χ4v) is 4.73. The van der Waals surface area contributed by atoms with Crippen molar-refractivity contribution < 1.29 is 23.9 Å². The van der Waals surface area contributed by atoms with Crippen molar-refractivity contribution in [3.05, 3.63) is 71.8 Å². The molecule has 4 rings (SSSR count). The molecule has 0 saturated carbocycles. The molecule has 1 aliphatic heterocycles. The number of imide groups is 1. The maximum atomic E-state index is 13.3. The number of hydrogen-bond donors (Lipinski definition) is 0. The first-order valence-corrected chi connectivity index (χ1v) is 12.8. The van der Waals surface area contributed by atoms with E-state index in [9.17, 15) is 14.4 Å². The first kappa shape index (κ1) is 25.4. The molecule has 1 heterocycles. The third kappa shape index (κ3) is 5.93.